The summed E-state index contributed by atoms with van der Waals surface area (Å²) in [6, 6.07) is 0. The van der Waals surface area contributed by atoms with Gasteiger partial charge in [-0.1, -0.05) is 6.92 Å². The molecule has 1 aromatic heterocycles. The van der Waals surface area contributed by atoms with Gasteiger partial charge in [0, 0.05) is 6.20 Å². The van der Waals surface area contributed by atoms with Crippen LogP contribution in [0.25, 0.3) is 0 Å². The molecule has 0 bridgehead atoms. The predicted octanol–water partition coefficient (Wildman–Crippen LogP) is 0.715. The van der Waals surface area contributed by atoms with E-state index in [0.29, 0.717) is 12.1 Å². The lowest BCUT2D eigenvalue weighted by molar-refractivity contribution is 0.0682. The Morgan fingerprint density at radius 3 is 3.00 bits per heavy atom. The van der Waals surface area contributed by atoms with Crippen molar-refractivity contribution in [2.75, 3.05) is 0 Å². The lowest BCUT2D eigenvalue weighted by atomic mass is 10.1. The van der Waals surface area contributed by atoms with Crippen LogP contribution in [0.4, 0.5) is 0 Å². The molecule has 0 fully saturated rings. The van der Waals surface area contributed by atoms with Crippen molar-refractivity contribution in [1.82, 2.24) is 9.97 Å². The fourth-order valence-corrected chi connectivity index (χ4v) is 1.73. The zero-order valence-corrected chi connectivity index (χ0v) is 7.64. The highest BCUT2D eigenvalue weighted by Gasteiger charge is 2.29. The molecule has 0 aromatic carbocycles. The van der Waals surface area contributed by atoms with Crippen molar-refractivity contribution in [3.63, 3.8) is 0 Å². The summed E-state index contributed by atoms with van der Waals surface area (Å²) in [7, 11) is 0. The number of nitrogens with zero attached hydrogens (tertiary/aromatic N) is 2. The van der Waals surface area contributed by atoms with Crippen LogP contribution in [0, 0.1) is 0 Å². The molecule has 0 saturated carbocycles. The van der Waals surface area contributed by atoms with E-state index in [2.05, 4.69) is 9.97 Å². The Hall–Kier alpha value is -1.49. The Bertz CT molecular complexity index is 392. The Morgan fingerprint density at radius 1 is 1.64 bits per heavy atom. The minimum absolute atomic E-state index is 0.197. The second-order valence-electron chi connectivity index (χ2n) is 3.49. The average Bonchev–Trinajstić information content (AvgIpc) is 2.42. The maximum absolute atomic E-state index is 10.6. The van der Waals surface area contributed by atoms with Crippen LogP contribution in [0.2, 0.25) is 0 Å². The molecule has 0 spiro atoms. The van der Waals surface area contributed by atoms with E-state index >= 15 is 0 Å². The van der Waals surface area contributed by atoms with Gasteiger partial charge in [-0.3, -0.25) is 0 Å². The van der Waals surface area contributed by atoms with Gasteiger partial charge < -0.3 is 10.2 Å². The molecule has 0 amide bonds. The quantitative estimate of drug-likeness (QED) is 0.688. The molecule has 0 aliphatic heterocycles. The molecule has 1 aliphatic carbocycles. The van der Waals surface area contributed by atoms with Gasteiger partial charge in [-0.05, 0) is 17.9 Å². The maximum atomic E-state index is 10.6. The van der Waals surface area contributed by atoms with Crippen LogP contribution in [0.1, 0.15) is 47.2 Å². The van der Waals surface area contributed by atoms with Crippen LogP contribution in [0.15, 0.2) is 6.20 Å². The molecule has 2 N–H and O–H groups in total. The number of carboxylic acid groups (broad SMARTS) is 1. The Kier molecular flexibility index (Phi) is 1.96. The van der Waals surface area contributed by atoms with Gasteiger partial charge in [0.2, 0.25) is 5.82 Å². The van der Waals surface area contributed by atoms with E-state index in [9.17, 15) is 9.90 Å². The summed E-state index contributed by atoms with van der Waals surface area (Å²) < 4.78 is 0. The zero-order chi connectivity index (χ0) is 10.3. The van der Waals surface area contributed by atoms with E-state index < -0.39 is 12.1 Å². The van der Waals surface area contributed by atoms with E-state index in [1.807, 2.05) is 6.92 Å². The van der Waals surface area contributed by atoms with Crippen LogP contribution < -0.4 is 0 Å². The number of carboxylic acids is 1. The molecule has 1 heterocycles. The topological polar surface area (TPSA) is 83.3 Å². The summed E-state index contributed by atoms with van der Waals surface area (Å²) in [5.41, 5.74) is 1.31. The molecule has 1 aliphatic rings. The molecular weight excluding hydrogens is 184 g/mol. The van der Waals surface area contributed by atoms with E-state index in [1.54, 1.807) is 0 Å². The molecule has 1 aromatic rings. The number of carbonyl (C=O) groups is 1. The fourth-order valence-electron chi connectivity index (χ4n) is 1.73. The van der Waals surface area contributed by atoms with Crippen molar-refractivity contribution < 1.29 is 15.0 Å². The van der Waals surface area contributed by atoms with Crippen LogP contribution in [-0.2, 0) is 0 Å². The molecule has 5 nitrogen and oxygen atoms in total. The van der Waals surface area contributed by atoms with Crippen molar-refractivity contribution in [2.24, 2.45) is 0 Å². The van der Waals surface area contributed by atoms with Crippen LogP contribution in [0.5, 0.6) is 0 Å². The van der Waals surface area contributed by atoms with Crippen LogP contribution >= 0.6 is 0 Å². The summed E-state index contributed by atoms with van der Waals surface area (Å²) in [6.45, 7) is 1.96. The molecular formula is C9H10N2O3. The molecule has 0 radical (unpaired) electrons. The molecule has 2 rings (SSSR count). The summed E-state index contributed by atoms with van der Waals surface area (Å²) in [5, 5.41) is 18.2. The molecule has 0 saturated heterocycles. The van der Waals surface area contributed by atoms with E-state index in [4.69, 9.17) is 5.11 Å². The molecule has 5 heteroatoms. The summed E-state index contributed by atoms with van der Waals surface area (Å²) in [6.07, 6.45) is 1.43. The first-order valence-corrected chi connectivity index (χ1v) is 4.37. The number of rotatable bonds is 1. The first kappa shape index (κ1) is 9.08. The number of aromatic nitrogens is 2. The summed E-state index contributed by atoms with van der Waals surface area (Å²) in [4.78, 5) is 18.1. The van der Waals surface area contributed by atoms with Crippen molar-refractivity contribution in [2.45, 2.75) is 25.4 Å². The van der Waals surface area contributed by atoms with E-state index in [0.717, 1.165) is 5.56 Å². The van der Waals surface area contributed by atoms with Gasteiger partial charge in [0.05, 0.1) is 11.8 Å². The van der Waals surface area contributed by atoms with E-state index in [-0.39, 0.29) is 11.7 Å². The lowest BCUT2D eigenvalue weighted by Gasteiger charge is -2.02. The number of fused-ring (bicyclic) bond motifs is 1. The van der Waals surface area contributed by atoms with Gasteiger partial charge in [0.1, 0.15) is 0 Å². The Balaban J connectivity index is 2.50. The van der Waals surface area contributed by atoms with Gasteiger partial charge in [-0.2, -0.15) is 0 Å². The minimum Gasteiger partial charge on any atom is -0.475 e. The third kappa shape index (κ3) is 1.26. The second kappa shape index (κ2) is 3.02. The number of aliphatic hydroxyl groups is 1. The third-order valence-electron chi connectivity index (χ3n) is 2.46. The highest BCUT2D eigenvalue weighted by molar-refractivity contribution is 5.83. The van der Waals surface area contributed by atoms with Crippen molar-refractivity contribution in [3.05, 3.63) is 23.3 Å². The highest BCUT2D eigenvalue weighted by atomic mass is 16.4. The first-order chi connectivity index (χ1) is 6.59. The largest absolute Gasteiger partial charge is 0.475 e. The van der Waals surface area contributed by atoms with Crippen LogP contribution in [0.3, 0.4) is 0 Å². The monoisotopic (exact) mass is 194 g/mol. The van der Waals surface area contributed by atoms with Gasteiger partial charge >= 0.3 is 5.97 Å². The predicted molar refractivity (Wildman–Crippen MR) is 47.0 cm³/mol. The number of aliphatic hydroxyl groups excluding tert-OH is 1. The molecule has 2 atom stereocenters. The first-order valence-electron chi connectivity index (χ1n) is 4.37. The average molecular weight is 194 g/mol. The number of hydrogen-bond donors (Lipinski definition) is 2. The lowest BCUT2D eigenvalue weighted by Crippen LogP contribution is -2.07. The van der Waals surface area contributed by atoms with Crippen molar-refractivity contribution in [1.29, 1.82) is 0 Å². The minimum atomic E-state index is -1.17. The SMILES string of the molecule is C[C@@H]1C[C@@H](O)c2nc(C(=O)O)ncc21. The summed E-state index contributed by atoms with van der Waals surface area (Å²) >= 11 is 0. The van der Waals surface area contributed by atoms with Crippen molar-refractivity contribution >= 4 is 5.97 Å². The maximum Gasteiger partial charge on any atom is 0.373 e. The number of hydrogen-bond acceptors (Lipinski definition) is 4. The van der Waals surface area contributed by atoms with Gasteiger partial charge in [-0.15, -0.1) is 0 Å². The second-order valence-corrected chi connectivity index (χ2v) is 3.49. The standard InChI is InChI=1S/C9H10N2O3/c1-4-2-6(12)7-5(4)3-10-8(11-7)9(13)14/h3-4,6,12H,2H2,1H3,(H,13,14)/t4-,6-/m1/s1. The smallest absolute Gasteiger partial charge is 0.373 e. The molecule has 0 unspecified atom stereocenters. The van der Waals surface area contributed by atoms with Gasteiger partial charge in [0.15, 0.2) is 0 Å². The Morgan fingerprint density at radius 2 is 2.36 bits per heavy atom. The highest BCUT2D eigenvalue weighted by Crippen LogP contribution is 2.37. The van der Waals surface area contributed by atoms with E-state index in [1.165, 1.54) is 6.20 Å². The zero-order valence-electron chi connectivity index (χ0n) is 7.64. The normalized spacial score (nSPS) is 24.7. The fraction of sp³-hybridized carbons (Fsp3) is 0.444. The molecule has 14 heavy (non-hydrogen) atoms. The van der Waals surface area contributed by atoms with Crippen LogP contribution in [-0.4, -0.2) is 26.2 Å². The molecule has 74 valence electrons. The van der Waals surface area contributed by atoms with Gasteiger partial charge in [0.25, 0.3) is 0 Å². The van der Waals surface area contributed by atoms with Crippen molar-refractivity contribution in [3.8, 4) is 0 Å². The Labute approximate surface area is 80.4 Å². The van der Waals surface area contributed by atoms with Gasteiger partial charge in [-0.25, -0.2) is 14.8 Å². The number of aromatic carboxylic acids is 1. The third-order valence-corrected chi connectivity index (χ3v) is 2.46. The summed E-state index contributed by atoms with van der Waals surface area (Å²) in [5.74, 6) is -1.22.